The van der Waals surface area contributed by atoms with Gasteiger partial charge in [-0.05, 0) is 57.0 Å². The maximum absolute atomic E-state index is 13.0. The fraction of sp³-hybridized carbons (Fsp3) is 0.440. The van der Waals surface area contributed by atoms with E-state index in [2.05, 4.69) is 21.5 Å². The van der Waals surface area contributed by atoms with Crippen LogP contribution in [-0.2, 0) is 30.8 Å². The molecule has 2 aliphatic rings. The Labute approximate surface area is 219 Å². The second-order valence-corrected chi connectivity index (χ2v) is 12.2. The number of hydrogen-bond donors (Lipinski definition) is 2. The molecule has 2 unspecified atom stereocenters. The first kappa shape index (κ1) is 25.9. The van der Waals surface area contributed by atoms with E-state index in [4.69, 9.17) is 9.47 Å². The lowest BCUT2D eigenvalue weighted by Crippen LogP contribution is -2.35. The number of aromatic nitrogens is 3. The molecular weight excluding hydrogens is 512 g/mol. The monoisotopic (exact) mass is 540 g/mol. The van der Waals surface area contributed by atoms with Crippen LogP contribution in [0.15, 0.2) is 40.2 Å². The maximum atomic E-state index is 13.0. The fourth-order valence-corrected chi connectivity index (χ4v) is 6.35. The van der Waals surface area contributed by atoms with Gasteiger partial charge >= 0.3 is 5.97 Å². The fourth-order valence-electron chi connectivity index (χ4n) is 4.80. The highest BCUT2D eigenvalue weighted by atomic mass is 32.2. The first-order valence-corrected chi connectivity index (χ1v) is 13.6. The van der Waals surface area contributed by atoms with E-state index in [0.29, 0.717) is 41.8 Å². The first-order valence-electron chi connectivity index (χ1n) is 12.2. The van der Waals surface area contributed by atoms with Gasteiger partial charge in [-0.3, -0.25) is 14.3 Å². The third-order valence-corrected chi connectivity index (χ3v) is 8.34. The lowest BCUT2D eigenvalue weighted by atomic mass is 9.96. The van der Waals surface area contributed by atoms with Crippen molar-refractivity contribution in [2.75, 3.05) is 25.1 Å². The molecule has 2 N–H and O–H groups in total. The molecule has 1 fully saturated rings. The molecule has 0 radical (unpaired) electrons. The van der Waals surface area contributed by atoms with E-state index in [0.717, 1.165) is 4.31 Å². The summed E-state index contributed by atoms with van der Waals surface area (Å²) < 4.78 is 39.6. The molecule has 0 bridgehead atoms. The number of H-pyrrole nitrogens is 1. The molecular formula is C25H28N6O6S. The number of fused-ring (bicyclic) bond motifs is 2. The van der Waals surface area contributed by atoms with Crippen LogP contribution < -0.4 is 10.9 Å². The van der Waals surface area contributed by atoms with Crippen LogP contribution in [0.25, 0.3) is 10.9 Å². The number of esters is 1. The molecule has 4 heterocycles. The molecule has 2 aliphatic heterocycles. The minimum atomic E-state index is -3.86. The molecule has 5 rings (SSSR count). The smallest absolute Gasteiger partial charge is 0.321 e. The molecule has 0 spiro atoms. The molecule has 2 aromatic heterocycles. The van der Waals surface area contributed by atoms with E-state index in [1.165, 1.54) is 12.3 Å². The van der Waals surface area contributed by atoms with Crippen LogP contribution in [0.3, 0.4) is 0 Å². The SMILES string of the molecule is CC(C)(C)OC(=O)CN1Cc2cc(Nc3nn(C4COCCC4C#N)c4cc[nH]c(=O)c34)ccc2S1(=O)=O. The normalized spacial score (nSPS) is 21.1. The van der Waals surface area contributed by atoms with Gasteiger partial charge < -0.3 is 19.8 Å². The van der Waals surface area contributed by atoms with E-state index in [1.54, 1.807) is 43.7 Å². The van der Waals surface area contributed by atoms with Gasteiger partial charge in [0, 0.05) is 25.0 Å². The Morgan fingerprint density at radius 2 is 2.13 bits per heavy atom. The zero-order valence-electron chi connectivity index (χ0n) is 21.2. The zero-order valence-corrected chi connectivity index (χ0v) is 22.0. The predicted octanol–water partition coefficient (Wildman–Crippen LogP) is 2.42. The van der Waals surface area contributed by atoms with Crippen molar-refractivity contribution in [2.45, 2.75) is 50.3 Å². The summed E-state index contributed by atoms with van der Waals surface area (Å²) in [5, 5.41) is 17.7. The van der Waals surface area contributed by atoms with Crippen LogP contribution in [0.2, 0.25) is 0 Å². The molecule has 0 amide bonds. The van der Waals surface area contributed by atoms with Crippen molar-refractivity contribution in [3.8, 4) is 6.07 Å². The van der Waals surface area contributed by atoms with Gasteiger partial charge in [0.2, 0.25) is 10.0 Å². The summed E-state index contributed by atoms with van der Waals surface area (Å²) in [4.78, 5) is 27.8. The average molecular weight is 541 g/mol. The van der Waals surface area contributed by atoms with Crippen LogP contribution in [0.1, 0.15) is 38.8 Å². The summed E-state index contributed by atoms with van der Waals surface area (Å²) in [5.41, 5.74) is 0.491. The minimum absolute atomic E-state index is 0.00542. The number of benzene rings is 1. The highest BCUT2D eigenvalue weighted by molar-refractivity contribution is 7.89. The van der Waals surface area contributed by atoms with Crippen molar-refractivity contribution >= 4 is 38.4 Å². The Morgan fingerprint density at radius 3 is 2.87 bits per heavy atom. The predicted molar refractivity (Wildman–Crippen MR) is 137 cm³/mol. The Hall–Kier alpha value is -3.73. The maximum Gasteiger partial charge on any atom is 0.321 e. The quantitative estimate of drug-likeness (QED) is 0.463. The van der Waals surface area contributed by atoms with Gasteiger partial charge in [0.15, 0.2) is 5.82 Å². The van der Waals surface area contributed by atoms with Gasteiger partial charge in [-0.1, -0.05) is 0 Å². The lowest BCUT2D eigenvalue weighted by molar-refractivity contribution is -0.155. The zero-order chi connectivity index (χ0) is 27.2. The van der Waals surface area contributed by atoms with Crippen molar-refractivity contribution in [1.82, 2.24) is 19.1 Å². The number of rotatable bonds is 5. The minimum Gasteiger partial charge on any atom is -0.459 e. The number of ether oxygens (including phenoxy) is 2. The summed E-state index contributed by atoms with van der Waals surface area (Å²) in [6, 6.07) is 8.38. The van der Waals surface area contributed by atoms with E-state index < -0.39 is 28.1 Å². The molecule has 0 saturated carbocycles. The Bertz CT molecular complexity index is 1610. The number of nitrogens with zero attached hydrogens (tertiary/aromatic N) is 4. The summed E-state index contributed by atoms with van der Waals surface area (Å²) in [6.45, 7) is 5.54. The molecule has 38 heavy (non-hydrogen) atoms. The van der Waals surface area contributed by atoms with E-state index >= 15 is 0 Å². The number of hydrogen-bond acceptors (Lipinski definition) is 9. The third-order valence-electron chi connectivity index (χ3n) is 6.45. The second-order valence-electron chi connectivity index (χ2n) is 10.3. The largest absolute Gasteiger partial charge is 0.459 e. The molecule has 2 atom stereocenters. The lowest BCUT2D eigenvalue weighted by Gasteiger charge is -2.27. The third kappa shape index (κ3) is 4.78. The topological polar surface area (TPSA) is 159 Å². The van der Waals surface area contributed by atoms with Crippen LogP contribution in [0.5, 0.6) is 0 Å². The van der Waals surface area contributed by atoms with Gasteiger partial charge in [0.1, 0.15) is 17.5 Å². The van der Waals surface area contributed by atoms with Gasteiger partial charge in [0.25, 0.3) is 5.56 Å². The van der Waals surface area contributed by atoms with Gasteiger partial charge in [-0.2, -0.15) is 14.7 Å². The van der Waals surface area contributed by atoms with E-state index in [-0.39, 0.29) is 34.8 Å². The number of sulfonamides is 1. The van der Waals surface area contributed by atoms with Crippen LogP contribution in [0.4, 0.5) is 11.5 Å². The van der Waals surface area contributed by atoms with Crippen LogP contribution in [0, 0.1) is 17.2 Å². The highest BCUT2D eigenvalue weighted by Crippen LogP contribution is 2.35. The second kappa shape index (κ2) is 9.54. The Morgan fingerprint density at radius 1 is 1.34 bits per heavy atom. The Kier molecular flexibility index (Phi) is 6.50. The number of anilines is 2. The molecule has 1 aromatic carbocycles. The van der Waals surface area contributed by atoms with Crippen molar-refractivity contribution in [3.63, 3.8) is 0 Å². The number of carbonyl (C=O) groups excluding carboxylic acids is 1. The van der Waals surface area contributed by atoms with Crippen LogP contribution in [-0.4, -0.2) is 58.8 Å². The number of pyridine rings is 1. The number of aromatic amines is 1. The molecule has 1 saturated heterocycles. The summed E-state index contributed by atoms with van der Waals surface area (Å²) in [6.07, 6.45) is 2.09. The highest BCUT2D eigenvalue weighted by Gasteiger charge is 2.37. The Balaban J connectivity index is 1.45. The number of nitriles is 1. The van der Waals surface area contributed by atoms with Gasteiger partial charge in [-0.25, -0.2) is 8.42 Å². The molecule has 3 aromatic rings. The average Bonchev–Trinajstić information content (AvgIpc) is 3.32. The number of carbonyl (C=O) groups is 1. The molecule has 200 valence electrons. The number of nitrogens with one attached hydrogen (secondary N) is 2. The van der Waals surface area contributed by atoms with Gasteiger partial charge in [0.05, 0.1) is 35.0 Å². The van der Waals surface area contributed by atoms with Crippen LogP contribution >= 0.6 is 0 Å². The molecule has 12 nitrogen and oxygen atoms in total. The van der Waals surface area contributed by atoms with Gasteiger partial charge in [-0.15, -0.1) is 0 Å². The van der Waals surface area contributed by atoms with Crippen molar-refractivity contribution in [1.29, 1.82) is 5.26 Å². The van der Waals surface area contributed by atoms with E-state index in [9.17, 15) is 23.3 Å². The van der Waals surface area contributed by atoms with Crippen molar-refractivity contribution < 1.29 is 22.7 Å². The summed E-state index contributed by atoms with van der Waals surface area (Å²) in [7, 11) is -3.86. The first-order chi connectivity index (χ1) is 18.0. The molecule has 0 aliphatic carbocycles. The van der Waals surface area contributed by atoms with Crippen molar-refractivity contribution in [3.05, 3.63) is 46.4 Å². The standard InChI is InChI=1S/C25H28N6O6S/c1-25(2,3)37-21(32)13-30-12-16-10-17(4-5-20(16)38(30,34)35)28-23-22-18(6-8-27-24(22)33)31(29-23)19-14-36-9-7-15(19)11-26/h4-6,8,10,15,19H,7,9,12-14H2,1-3H3,(H,27,33)(H,28,29). The van der Waals surface area contributed by atoms with E-state index in [1.807, 2.05) is 0 Å². The molecule has 13 heteroatoms. The summed E-state index contributed by atoms with van der Waals surface area (Å²) >= 11 is 0. The summed E-state index contributed by atoms with van der Waals surface area (Å²) in [5.74, 6) is -0.679. The van der Waals surface area contributed by atoms with Crippen molar-refractivity contribution in [2.24, 2.45) is 5.92 Å².